The molecule has 1 saturated heterocycles. The zero-order valence-electron chi connectivity index (χ0n) is 9.63. The van der Waals surface area contributed by atoms with E-state index in [2.05, 4.69) is 0 Å². The van der Waals surface area contributed by atoms with Crippen LogP contribution in [0.15, 0.2) is 0 Å². The molecule has 1 aliphatic heterocycles. The highest BCUT2D eigenvalue weighted by Crippen LogP contribution is 2.08. The molecule has 0 aliphatic carbocycles. The molecule has 1 aliphatic rings. The van der Waals surface area contributed by atoms with Crippen LogP contribution in [0, 0.1) is 0 Å². The highest BCUT2D eigenvalue weighted by atomic mass is 32.2. The van der Waals surface area contributed by atoms with Gasteiger partial charge in [-0.15, -0.1) is 0 Å². The summed E-state index contributed by atoms with van der Waals surface area (Å²) in [6.45, 7) is 0.993. The van der Waals surface area contributed by atoms with Crippen LogP contribution in [0.2, 0.25) is 0 Å². The van der Waals surface area contributed by atoms with Crippen molar-refractivity contribution in [3.05, 3.63) is 0 Å². The first-order chi connectivity index (χ1) is 7.83. The predicted octanol–water partition coefficient (Wildman–Crippen LogP) is -1.04. The molecule has 0 radical (unpaired) electrons. The third-order valence-electron chi connectivity index (χ3n) is 2.60. The SMILES string of the molecule is CN(CC(=O)N1CCCC1)S(=O)(=O)CC(=O)O. The Bertz CT molecular complexity index is 400. The van der Waals surface area contributed by atoms with Crippen LogP contribution in [0.1, 0.15) is 12.8 Å². The summed E-state index contributed by atoms with van der Waals surface area (Å²) < 4.78 is 23.7. The summed E-state index contributed by atoms with van der Waals surface area (Å²) in [4.78, 5) is 23.6. The summed E-state index contributed by atoms with van der Waals surface area (Å²) >= 11 is 0. The first-order valence-electron chi connectivity index (χ1n) is 5.26. The van der Waals surface area contributed by atoms with E-state index in [0.717, 1.165) is 17.1 Å². The lowest BCUT2D eigenvalue weighted by Crippen LogP contribution is -2.41. The zero-order valence-corrected chi connectivity index (χ0v) is 10.4. The highest BCUT2D eigenvalue weighted by molar-refractivity contribution is 7.89. The van der Waals surface area contributed by atoms with Crippen molar-refractivity contribution >= 4 is 21.9 Å². The van der Waals surface area contributed by atoms with Crippen LogP contribution in [-0.4, -0.2) is 67.0 Å². The Morgan fingerprint density at radius 2 is 1.82 bits per heavy atom. The average molecular weight is 264 g/mol. The highest BCUT2D eigenvalue weighted by Gasteiger charge is 2.26. The monoisotopic (exact) mass is 264 g/mol. The minimum Gasteiger partial charge on any atom is -0.480 e. The summed E-state index contributed by atoms with van der Waals surface area (Å²) in [5.74, 6) is -2.69. The van der Waals surface area contributed by atoms with Gasteiger partial charge in [-0.05, 0) is 12.8 Å². The smallest absolute Gasteiger partial charge is 0.320 e. The molecule has 98 valence electrons. The number of hydrogen-bond acceptors (Lipinski definition) is 4. The van der Waals surface area contributed by atoms with Crippen LogP contribution in [-0.2, 0) is 19.6 Å². The van der Waals surface area contributed by atoms with Crippen molar-refractivity contribution < 1.29 is 23.1 Å². The van der Waals surface area contributed by atoms with Gasteiger partial charge in [0.05, 0.1) is 6.54 Å². The number of aliphatic carboxylic acids is 1. The van der Waals surface area contributed by atoms with Gasteiger partial charge in [0.2, 0.25) is 15.9 Å². The molecule has 17 heavy (non-hydrogen) atoms. The largest absolute Gasteiger partial charge is 0.480 e. The number of likely N-dealkylation sites (N-methyl/N-ethyl adjacent to an activating group) is 1. The molecule has 0 atom stereocenters. The Kier molecular flexibility index (Phi) is 4.47. The Morgan fingerprint density at radius 1 is 1.29 bits per heavy atom. The molecular formula is C9H16N2O5S. The van der Waals surface area contributed by atoms with E-state index in [9.17, 15) is 18.0 Å². The number of nitrogens with zero attached hydrogens (tertiary/aromatic N) is 2. The van der Waals surface area contributed by atoms with E-state index in [0.29, 0.717) is 13.1 Å². The molecule has 0 saturated carbocycles. The quantitative estimate of drug-likeness (QED) is 0.684. The Labute approximate surface area is 100 Å². The third-order valence-corrected chi connectivity index (χ3v) is 4.29. The second-order valence-electron chi connectivity index (χ2n) is 3.99. The van der Waals surface area contributed by atoms with Crippen LogP contribution in [0.4, 0.5) is 0 Å². The molecular weight excluding hydrogens is 248 g/mol. The van der Waals surface area contributed by atoms with Gasteiger partial charge in [0.1, 0.15) is 0 Å². The summed E-state index contributed by atoms with van der Waals surface area (Å²) in [5, 5.41) is 8.44. The van der Waals surface area contributed by atoms with Crippen LogP contribution >= 0.6 is 0 Å². The molecule has 1 fully saturated rings. The van der Waals surface area contributed by atoms with Crippen molar-refractivity contribution in [2.75, 3.05) is 32.4 Å². The summed E-state index contributed by atoms with van der Waals surface area (Å²) in [7, 11) is -2.68. The number of carboxylic acids is 1. The topological polar surface area (TPSA) is 95.0 Å². The van der Waals surface area contributed by atoms with Crippen molar-refractivity contribution in [3.8, 4) is 0 Å². The maximum atomic E-state index is 11.7. The van der Waals surface area contributed by atoms with Crippen molar-refractivity contribution in [1.29, 1.82) is 0 Å². The summed E-state index contributed by atoms with van der Waals surface area (Å²) in [6, 6.07) is 0. The fourth-order valence-corrected chi connectivity index (χ4v) is 2.46. The van der Waals surface area contributed by atoms with Crippen molar-refractivity contribution in [2.24, 2.45) is 0 Å². The Hall–Kier alpha value is -1.15. The fraction of sp³-hybridized carbons (Fsp3) is 0.778. The number of hydrogen-bond donors (Lipinski definition) is 1. The molecule has 1 N–H and O–H groups in total. The second kappa shape index (κ2) is 5.46. The van der Waals surface area contributed by atoms with Gasteiger partial charge in [-0.1, -0.05) is 0 Å². The number of carboxylic acid groups (broad SMARTS) is 1. The summed E-state index contributed by atoms with van der Waals surface area (Å²) in [5.41, 5.74) is 0. The standard InChI is InChI=1S/C9H16N2O5S/c1-10(17(15,16)7-9(13)14)6-8(12)11-4-2-3-5-11/h2-7H2,1H3,(H,13,14). The molecule has 1 rings (SSSR count). The van der Waals surface area contributed by atoms with Crippen LogP contribution in [0.25, 0.3) is 0 Å². The predicted molar refractivity (Wildman–Crippen MR) is 59.9 cm³/mol. The molecule has 8 heteroatoms. The third kappa shape index (κ3) is 3.97. The lowest BCUT2D eigenvalue weighted by atomic mass is 10.4. The van der Waals surface area contributed by atoms with E-state index in [4.69, 9.17) is 5.11 Å². The molecule has 0 aromatic rings. The number of likely N-dealkylation sites (tertiary alicyclic amines) is 1. The molecule has 0 unspecified atom stereocenters. The van der Waals surface area contributed by atoms with E-state index >= 15 is 0 Å². The minimum atomic E-state index is -3.90. The van der Waals surface area contributed by atoms with E-state index in [1.165, 1.54) is 7.05 Å². The van der Waals surface area contributed by atoms with Crippen molar-refractivity contribution in [3.63, 3.8) is 0 Å². The lowest BCUT2D eigenvalue weighted by Gasteiger charge is -2.20. The van der Waals surface area contributed by atoms with Gasteiger partial charge in [0, 0.05) is 20.1 Å². The van der Waals surface area contributed by atoms with Gasteiger partial charge in [-0.25, -0.2) is 8.42 Å². The van der Waals surface area contributed by atoms with Gasteiger partial charge >= 0.3 is 5.97 Å². The van der Waals surface area contributed by atoms with Crippen LogP contribution in [0.5, 0.6) is 0 Å². The van der Waals surface area contributed by atoms with Gasteiger partial charge in [0.15, 0.2) is 5.75 Å². The number of carbonyl (C=O) groups is 2. The van der Waals surface area contributed by atoms with Gasteiger partial charge in [-0.2, -0.15) is 4.31 Å². The minimum absolute atomic E-state index is 0.279. The zero-order chi connectivity index (χ0) is 13.1. The number of sulfonamides is 1. The lowest BCUT2D eigenvalue weighted by molar-refractivity contribution is -0.134. The molecule has 7 nitrogen and oxygen atoms in total. The van der Waals surface area contributed by atoms with Crippen molar-refractivity contribution in [1.82, 2.24) is 9.21 Å². The maximum Gasteiger partial charge on any atom is 0.320 e. The van der Waals surface area contributed by atoms with E-state index in [1.54, 1.807) is 4.90 Å². The summed E-state index contributed by atoms with van der Waals surface area (Å²) in [6.07, 6.45) is 1.86. The first-order valence-corrected chi connectivity index (χ1v) is 6.87. The molecule has 1 amide bonds. The Morgan fingerprint density at radius 3 is 2.29 bits per heavy atom. The first kappa shape index (κ1) is 13.9. The molecule has 0 aromatic heterocycles. The van der Waals surface area contributed by atoms with E-state index in [1.807, 2.05) is 0 Å². The normalized spacial score (nSPS) is 16.5. The number of carbonyl (C=O) groups excluding carboxylic acids is 1. The number of amides is 1. The van der Waals surface area contributed by atoms with Gasteiger partial charge in [-0.3, -0.25) is 9.59 Å². The van der Waals surface area contributed by atoms with E-state index in [-0.39, 0.29) is 12.5 Å². The average Bonchev–Trinajstić information content (AvgIpc) is 2.67. The van der Waals surface area contributed by atoms with Gasteiger partial charge < -0.3 is 10.0 Å². The molecule has 0 spiro atoms. The van der Waals surface area contributed by atoms with Crippen LogP contribution < -0.4 is 0 Å². The van der Waals surface area contributed by atoms with Crippen molar-refractivity contribution in [2.45, 2.75) is 12.8 Å². The second-order valence-corrected chi connectivity index (χ2v) is 6.07. The number of rotatable bonds is 5. The van der Waals surface area contributed by atoms with Crippen LogP contribution in [0.3, 0.4) is 0 Å². The molecule has 1 heterocycles. The van der Waals surface area contributed by atoms with E-state index < -0.39 is 21.7 Å². The maximum absolute atomic E-state index is 11.7. The van der Waals surface area contributed by atoms with Gasteiger partial charge in [0.25, 0.3) is 0 Å². The fourth-order valence-electron chi connectivity index (χ4n) is 1.62. The molecule has 0 bridgehead atoms. The Balaban J connectivity index is 2.55. The molecule has 0 aromatic carbocycles.